The highest BCUT2D eigenvalue weighted by Crippen LogP contribution is 2.24. The number of oxime groups is 1. The number of halogens is 2. The number of anilines is 1. The molecule has 0 heterocycles. The van der Waals surface area contributed by atoms with Crippen LogP contribution in [0.1, 0.15) is 16.7 Å². The van der Waals surface area contributed by atoms with Crippen LogP contribution in [0.3, 0.4) is 0 Å². The summed E-state index contributed by atoms with van der Waals surface area (Å²) in [5.41, 5.74) is 3.51. The van der Waals surface area contributed by atoms with Gasteiger partial charge in [-0.15, -0.1) is 0 Å². The fourth-order valence-corrected chi connectivity index (χ4v) is 2.41. The van der Waals surface area contributed by atoms with Crippen LogP contribution >= 0.6 is 23.2 Å². The molecule has 1 N–H and O–H groups in total. The van der Waals surface area contributed by atoms with Crippen molar-refractivity contribution in [1.29, 1.82) is 0 Å². The van der Waals surface area contributed by atoms with E-state index in [0.717, 1.165) is 16.8 Å². The maximum atomic E-state index is 11.8. The Kier molecular flexibility index (Phi) is 6.02. The molecule has 0 bridgehead atoms. The minimum Gasteiger partial charge on any atom is -0.386 e. The largest absolute Gasteiger partial charge is 0.386 e. The van der Waals surface area contributed by atoms with E-state index in [1.165, 1.54) is 6.21 Å². The van der Waals surface area contributed by atoms with Crippen LogP contribution in [-0.2, 0) is 9.63 Å². The summed E-state index contributed by atoms with van der Waals surface area (Å²) in [5.74, 6) is -0.288. The van der Waals surface area contributed by atoms with Gasteiger partial charge in [-0.25, -0.2) is 0 Å². The number of benzene rings is 2. The number of hydrogen-bond donors (Lipinski definition) is 1. The Hall–Kier alpha value is -2.04. The van der Waals surface area contributed by atoms with E-state index in [1.54, 1.807) is 18.2 Å². The molecule has 2 rings (SSSR count). The van der Waals surface area contributed by atoms with Gasteiger partial charge in [-0.1, -0.05) is 46.6 Å². The summed E-state index contributed by atoms with van der Waals surface area (Å²) < 4.78 is 0. The average Bonchev–Trinajstić information content (AvgIpc) is 2.46. The third-order valence-corrected chi connectivity index (χ3v) is 3.78. The molecular weight excluding hydrogens is 335 g/mol. The van der Waals surface area contributed by atoms with Crippen molar-refractivity contribution >= 4 is 41.0 Å². The average molecular weight is 351 g/mol. The smallest absolute Gasteiger partial charge is 0.265 e. The summed E-state index contributed by atoms with van der Waals surface area (Å²) in [6.07, 6.45) is 1.41. The molecule has 6 heteroatoms. The van der Waals surface area contributed by atoms with Crippen molar-refractivity contribution in [2.24, 2.45) is 5.16 Å². The van der Waals surface area contributed by atoms with Gasteiger partial charge in [0.15, 0.2) is 6.61 Å². The normalized spacial score (nSPS) is 10.8. The molecule has 120 valence electrons. The summed E-state index contributed by atoms with van der Waals surface area (Å²) in [5, 5.41) is 7.31. The SMILES string of the molecule is Cc1cc(C)cc(NC(=O)CO/N=C\c2cccc(Cl)c2Cl)c1. The lowest BCUT2D eigenvalue weighted by Gasteiger charge is -2.06. The molecule has 0 saturated carbocycles. The van der Waals surface area contributed by atoms with E-state index in [9.17, 15) is 4.79 Å². The zero-order valence-corrected chi connectivity index (χ0v) is 14.3. The van der Waals surface area contributed by atoms with E-state index in [0.29, 0.717) is 15.6 Å². The van der Waals surface area contributed by atoms with Crippen molar-refractivity contribution in [2.75, 3.05) is 11.9 Å². The molecule has 23 heavy (non-hydrogen) atoms. The molecule has 4 nitrogen and oxygen atoms in total. The first kappa shape index (κ1) is 17.3. The monoisotopic (exact) mass is 350 g/mol. The lowest BCUT2D eigenvalue weighted by molar-refractivity contribution is -0.120. The van der Waals surface area contributed by atoms with E-state index in [4.69, 9.17) is 28.0 Å². The van der Waals surface area contributed by atoms with Crippen LogP contribution in [0.15, 0.2) is 41.6 Å². The standard InChI is InChI=1S/C17H16Cl2N2O2/c1-11-6-12(2)8-14(7-11)21-16(22)10-23-20-9-13-4-3-5-15(18)17(13)19/h3-9H,10H2,1-2H3,(H,21,22)/b20-9-. The minimum absolute atomic E-state index is 0.193. The maximum Gasteiger partial charge on any atom is 0.265 e. The zero-order chi connectivity index (χ0) is 16.8. The number of carbonyl (C=O) groups excluding carboxylic acids is 1. The Morgan fingerprint density at radius 2 is 1.91 bits per heavy atom. The molecule has 0 spiro atoms. The number of hydrogen-bond acceptors (Lipinski definition) is 3. The molecule has 0 aliphatic rings. The quantitative estimate of drug-likeness (QED) is 0.632. The van der Waals surface area contributed by atoms with Crippen molar-refractivity contribution in [3.8, 4) is 0 Å². The van der Waals surface area contributed by atoms with Crippen LogP contribution in [0.5, 0.6) is 0 Å². The van der Waals surface area contributed by atoms with Gasteiger partial charge in [0.05, 0.1) is 16.3 Å². The van der Waals surface area contributed by atoms with Crippen LogP contribution < -0.4 is 5.32 Å². The van der Waals surface area contributed by atoms with Crippen LogP contribution in [0.25, 0.3) is 0 Å². The third-order valence-electron chi connectivity index (χ3n) is 2.95. The van der Waals surface area contributed by atoms with E-state index in [-0.39, 0.29) is 12.5 Å². The van der Waals surface area contributed by atoms with Crippen molar-refractivity contribution in [3.63, 3.8) is 0 Å². The van der Waals surface area contributed by atoms with E-state index >= 15 is 0 Å². The van der Waals surface area contributed by atoms with Gasteiger partial charge in [-0.3, -0.25) is 4.79 Å². The van der Waals surface area contributed by atoms with Crippen molar-refractivity contribution in [3.05, 3.63) is 63.1 Å². The summed E-state index contributed by atoms with van der Waals surface area (Å²) >= 11 is 11.9. The highest BCUT2D eigenvalue weighted by molar-refractivity contribution is 6.43. The van der Waals surface area contributed by atoms with Crippen molar-refractivity contribution < 1.29 is 9.63 Å². The second-order valence-corrected chi connectivity index (χ2v) is 5.86. The van der Waals surface area contributed by atoms with Crippen LogP contribution in [0.4, 0.5) is 5.69 Å². The Morgan fingerprint density at radius 3 is 2.61 bits per heavy atom. The molecule has 0 saturated heterocycles. The lowest BCUT2D eigenvalue weighted by Crippen LogP contribution is -2.17. The summed E-state index contributed by atoms with van der Waals surface area (Å²) in [6, 6.07) is 11.0. The number of aryl methyl sites for hydroxylation is 2. The highest BCUT2D eigenvalue weighted by atomic mass is 35.5. The predicted octanol–water partition coefficient (Wildman–Crippen LogP) is 4.60. The lowest BCUT2D eigenvalue weighted by atomic mass is 10.1. The van der Waals surface area contributed by atoms with Gasteiger partial charge >= 0.3 is 0 Å². The first-order valence-corrected chi connectivity index (χ1v) is 7.69. The molecule has 0 atom stereocenters. The summed E-state index contributed by atoms with van der Waals surface area (Å²) in [7, 11) is 0. The number of carbonyl (C=O) groups is 1. The van der Waals surface area contributed by atoms with Crippen LogP contribution in [0.2, 0.25) is 10.0 Å². The summed E-state index contributed by atoms with van der Waals surface area (Å²) in [4.78, 5) is 16.8. The van der Waals surface area contributed by atoms with Gasteiger partial charge < -0.3 is 10.2 Å². The second-order valence-electron chi connectivity index (χ2n) is 5.08. The Balaban J connectivity index is 1.87. The summed E-state index contributed by atoms with van der Waals surface area (Å²) in [6.45, 7) is 3.75. The van der Waals surface area contributed by atoms with Crippen molar-refractivity contribution in [2.45, 2.75) is 13.8 Å². The first-order valence-electron chi connectivity index (χ1n) is 6.93. The fourth-order valence-electron chi connectivity index (χ4n) is 2.05. The molecule has 0 aliphatic carbocycles. The molecule has 0 unspecified atom stereocenters. The zero-order valence-electron chi connectivity index (χ0n) is 12.8. The number of nitrogens with one attached hydrogen (secondary N) is 1. The molecule has 0 aliphatic heterocycles. The molecule has 0 fully saturated rings. The first-order chi connectivity index (χ1) is 11.0. The molecular formula is C17H16Cl2N2O2. The molecule has 0 radical (unpaired) electrons. The Labute approximate surface area is 145 Å². The van der Waals surface area contributed by atoms with Gasteiger partial charge in [0.2, 0.25) is 0 Å². The van der Waals surface area contributed by atoms with E-state index in [1.807, 2.05) is 32.0 Å². The van der Waals surface area contributed by atoms with Gasteiger partial charge in [0.1, 0.15) is 0 Å². The second kappa shape index (κ2) is 7.99. The van der Waals surface area contributed by atoms with Gasteiger partial charge in [0.25, 0.3) is 5.91 Å². The van der Waals surface area contributed by atoms with Crippen LogP contribution in [0, 0.1) is 13.8 Å². The van der Waals surface area contributed by atoms with Gasteiger partial charge in [-0.05, 0) is 43.2 Å². The van der Waals surface area contributed by atoms with E-state index < -0.39 is 0 Å². The molecule has 2 aromatic rings. The Bertz CT molecular complexity index is 725. The molecule has 0 aromatic heterocycles. The Morgan fingerprint density at radius 1 is 1.22 bits per heavy atom. The predicted molar refractivity (Wildman–Crippen MR) is 94.6 cm³/mol. The van der Waals surface area contributed by atoms with Gasteiger partial charge in [0, 0.05) is 11.3 Å². The van der Waals surface area contributed by atoms with Crippen LogP contribution in [-0.4, -0.2) is 18.7 Å². The topological polar surface area (TPSA) is 50.7 Å². The molecule has 1 amide bonds. The maximum absolute atomic E-state index is 11.8. The van der Waals surface area contributed by atoms with Crippen molar-refractivity contribution in [1.82, 2.24) is 0 Å². The molecule has 2 aromatic carbocycles. The number of nitrogens with zero attached hydrogens (tertiary/aromatic N) is 1. The van der Waals surface area contributed by atoms with Gasteiger partial charge in [-0.2, -0.15) is 0 Å². The number of amides is 1. The highest BCUT2D eigenvalue weighted by Gasteiger charge is 2.04. The fraction of sp³-hybridized carbons (Fsp3) is 0.176. The number of rotatable bonds is 5. The minimum atomic E-state index is -0.288. The third kappa shape index (κ3) is 5.27. The van der Waals surface area contributed by atoms with E-state index in [2.05, 4.69) is 10.5 Å².